The van der Waals surface area contributed by atoms with E-state index in [0.29, 0.717) is 0 Å². The third-order valence-corrected chi connectivity index (χ3v) is 7.47. The summed E-state index contributed by atoms with van der Waals surface area (Å²) in [6.07, 6.45) is 0. The van der Waals surface area contributed by atoms with Crippen molar-refractivity contribution in [1.82, 2.24) is 0 Å². The molecule has 0 bridgehead atoms. The first-order valence-electron chi connectivity index (χ1n) is 13.1. The summed E-state index contributed by atoms with van der Waals surface area (Å²) < 4.78 is 12.7. The number of ether oxygens (including phenoxy) is 1. The molecular weight excluding hydrogens is 478 g/mol. The van der Waals surface area contributed by atoms with E-state index in [1.165, 1.54) is 11.1 Å². The molecule has 0 amide bonds. The lowest BCUT2D eigenvalue weighted by molar-refractivity contribution is 0.477. The highest BCUT2D eigenvalue weighted by molar-refractivity contribution is 6.12. The fraction of sp³-hybridized carbons (Fsp3) is 0. The van der Waals surface area contributed by atoms with E-state index in [2.05, 4.69) is 108 Å². The molecule has 1 aliphatic rings. The lowest BCUT2D eigenvalue weighted by atomic mass is 9.98. The van der Waals surface area contributed by atoms with Crippen LogP contribution in [0.25, 0.3) is 44.2 Å². The van der Waals surface area contributed by atoms with Crippen molar-refractivity contribution < 1.29 is 9.15 Å². The number of para-hydroxylation sites is 3. The molecule has 0 spiro atoms. The minimum absolute atomic E-state index is 0.822. The topological polar surface area (TPSA) is 25.6 Å². The van der Waals surface area contributed by atoms with Crippen LogP contribution in [0.2, 0.25) is 0 Å². The third-order valence-electron chi connectivity index (χ3n) is 7.47. The predicted octanol–water partition coefficient (Wildman–Crippen LogP) is 10.5. The highest BCUT2D eigenvalue weighted by Crippen LogP contribution is 2.51. The fourth-order valence-electron chi connectivity index (χ4n) is 5.65. The van der Waals surface area contributed by atoms with Gasteiger partial charge in [0, 0.05) is 16.5 Å². The zero-order chi connectivity index (χ0) is 25.8. The molecule has 39 heavy (non-hydrogen) atoms. The van der Waals surface area contributed by atoms with Gasteiger partial charge in [0.25, 0.3) is 0 Å². The second-order valence-corrected chi connectivity index (χ2v) is 9.78. The molecular formula is C36H23NO2. The molecule has 0 saturated carbocycles. The molecule has 1 aliphatic heterocycles. The molecule has 0 fully saturated rings. The van der Waals surface area contributed by atoms with E-state index in [0.717, 1.165) is 61.6 Å². The van der Waals surface area contributed by atoms with Gasteiger partial charge in [-0.25, -0.2) is 0 Å². The third kappa shape index (κ3) is 3.52. The minimum Gasteiger partial charge on any atom is -0.456 e. The van der Waals surface area contributed by atoms with Crippen molar-refractivity contribution in [3.8, 4) is 33.8 Å². The molecule has 6 aromatic carbocycles. The van der Waals surface area contributed by atoms with Gasteiger partial charge in [-0.3, -0.25) is 0 Å². The largest absolute Gasteiger partial charge is 0.456 e. The summed E-state index contributed by atoms with van der Waals surface area (Å²) in [6.45, 7) is 0. The minimum atomic E-state index is 0.822. The summed E-state index contributed by atoms with van der Waals surface area (Å²) in [5.41, 5.74) is 9.51. The molecule has 1 aromatic heterocycles. The Hall–Kier alpha value is -5.28. The van der Waals surface area contributed by atoms with E-state index in [4.69, 9.17) is 9.15 Å². The summed E-state index contributed by atoms with van der Waals surface area (Å²) in [4.78, 5) is 2.28. The van der Waals surface area contributed by atoms with Crippen LogP contribution in [-0.2, 0) is 0 Å². The quantitative estimate of drug-likeness (QED) is 0.241. The summed E-state index contributed by atoms with van der Waals surface area (Å²) in [7, 11) is 0. The van der Waals surface area contributed by atoms with Crippen molar-refractivity contribution in [2.45, 2.75) is 0 Å². The van der Waals surface area contributed by atoms with Crippen molar-refractivity contribution in [3.63, 3.8) is 0 Å². The normalized spacial score (nSPS) is 12.3. The lowest BCUT2D eigenvalue weighted by Crippen LogP contribution is -2.15. The molecule has 0 atom stereocenters. The van der Waals surface area contributed by atoms with Gasteiger partial charge in [-0.1, -0.05) is 91.0 Å². The summed E-state index contributed by atoms with van der Waals surface area (Å²) in [5, 5.41) is 2.24. The van der Waals surface area contributed by atoms with Crippen LogP contribution >= 0.6 is 0 Å². The molecule has 0 saturated heterocycles. The van der Waals surface area contributed by atoms with E-state index in [1.807, 2.05) is 36.4 Å². The average Bonchev–Trinajstić information content (AvgIpc) is 3.39. The van der Waals surface area contributed by atoms with Crippen LogP contribution in [0.15, 0.2) is 144 Å². The van der Waals surface area contributed by atoms with Crippen LogP contribution in [0, 0.1) is 0 Å². The van der Waals surface area contributed by atoms with Crippen LogP contribution in [-0.4, -0.2) is 0 Å². The zero-order valence-corrected chi connectivity index (χ0v) is 21.0. The van der Waals surface area contributed by atoms with Crippen LogP contribution in [0.4, 0.5) is 17.1 Å². The Labute approximate surface area is 226 Å². The van der Waals surface area contributed by atoms with Crippen LogP contribution in [0.5, 0.6) is 11.5 Å². The van der Waals surface area contributed by atoms with E-state index in [1.54, 1.807) is 0 Å². The Kier molecular flexibility index (Phi) is 4.82. The Morgan fingerprint density at radius 1 is 0.462 bits per heavy atom. The number of fused-ring (bicyclic) bond motifs is 5. The van der Waals surface area contributed by atoms with Crippen molar-refractivity contribution in [2.24, 2.45) is 0 Å². The smallest absolute Gasteiger partial charge is 0.152 e. The highest BCUT2D eigenvalue weighted by atomic mass is 16.5. The number of hydrogen-bond acceptors (Lipinski definition) is 3. The van der Waals surface area contributed by atoms with E-state index in [9.17, 15) is 0 Å². The highest BCUT2D eigenvalue weighted by Gasteiger charge is 2.26. The number of rotatable bonds is 3. The molecule has 3 nitrogen and oxygen atoms in total. The summed E-state index contributed by atoms with van der Waals surface area (Å²) in [6, 6.07) is 48.3. The van der Waals surface area contributed by atoms with E-state index < -0.39 is 0 Å². The number of benzene rings is 6. The van der Waals surface area contributed by atoms with Gasteiger partial charge in [-0.05, 0) is 70.8 Å². The van der Waals surface area contributed by atoms with Crippen molar-refractivity contribution >= 4 is 39.0 Å². The fourth-order valence-corrected chi connectivity index (χ4v) is 5.65. The van der Waals surface area contributed by atoms with Gasteiger partial charge in [0.2, 0.25) is 0 Å². The van der Waals surface area contributed by atoms with Crippen molar-refractivity contribution in [2.75, 3.05) is 4.90 Å². The van der Waals surface area contributed by atoms with Gasteiger partial charge in [0.1, 0.15) is 11.2 Å². The van der Waals surface area contributed by atoms with Gasteiger partial charge >= 0.3 is 0 Å². The lowest BCUT2D eigenvalue weighted by Gasteiger charge is -2.33. The standard InChI is InChI=1S/C36H23NO2/c1-2-9-24(10-3-1)25-17-20-27(21-18-25)37-30-13-5-7-15-33(30)39-35-23-26(19-22-31(35)37)28-12-8-16-34-36(28)29-11-4-6-14-32(29)38-34/h1-23H. The number of hydrogen-bond donors (Lipinski definition) is 0. The Bertz CT molecular complexity index is 1990. The van der Waals surface area contributed by atoms with Crippen molar-refractivity contribution in [1.29, 1.82) is 0 Å². The monoisotopic (exact) mass is 501 g/mol. The summed E-state index contributed by atoms with van der Waals surface area (Å²) in [5.74, 6) is 1.66. The van der Waals surface area contributed by atoms with Crippen LogP contribution in [0.1, 0.15) is 0 Å². The average molecular weight is 502 g/mol. The molecule has 8 rings (SSSR count). The van der Waals surface area contributed by atoms with Gasteiger partial charge in [0.15, 0.2) is 11.5 Å². The molecule has 0 radical (unpaired) electrons. The van der Waals surface area contributed by atoms with Gasteiger partial charge in [0.05, 0.1) is 11.4 Å². The Morgan fingerprint density at radius 3 is 2.05 bits per heavy atom. The Balaban J connectivity index is 1.27. The molecule has 7 aromatic rings. The first kappa shape index (κ1) is 21.8. The maximum atomic E-state index is 6.50. The molecule has 0 unspecified atom stereocenters. The molecule has 2 heterocycles. The van der Waals surface area contributed by atoms with Gasteiger partial charge in [-0.15, -0.1) is 0 Å². The molecule has 0 aliphatic carbocycles. The SMILES string of the molecule is c1ccc(-c2ccc(N3c4ccccc4Oc4cc(-c5cccc6oc7ccccc7c56)ccc43)cc2)cc1. The maximum Gasteiger partial charge on any atom is 0.152 e. The molecule has 184 valence electrons. The second kappa shape index (κ2) is 8.64. The predicted molar refractivity (Wildman–Crippen MR) is 159 cm³/mol. The molecule has 3 heteroatoms. The Morgan fingerprint density at radius 2 is 1.15 bits per heavy atom. The van der Waals surface area contributed by atoms with Gasteiger partial charge in [-0.2, -0.15) is 0 Å². The number of anilines is 3. The number of nitrogens with zero attached hydrogens (tertiary/aromatic N) is 1. The molecule has 0 N–H and O–H groups in total. The van der Waals surface area contributed by atoms with Gasteiger partial charge < -0.3 is 14.1 Å². The zero-order valence-electron chi connectivity index (χ0n) is 21.0. The summed E-state index contributed by atoms with van der Waals surface area (Å²) >= 11 is 0. The first-order chi connectivity index (χ1) is 19.3. The first-order valence-corrected chi connectivity index (χ1v) is 13.1. The van der Waals surface area contributed by atoms with E-state index >= 15 is 0 Å². The van der Waals surface area contributed by atoms with Crippen LogP contribution < -0.4 is 9.64 Å². The van der Waals surface area contributed by atoms with Crippen LogP contribution in [0.3, 0.4) is 0 Å². The van der Waals surface area contributed by atoms with Crippen molar-refractivity contribution in [3.05, 3.63) is 140 Å². The number of furan rings is 1. The second-order valence-electron chi connectivity index (χ2n) is 9.78. The maximum absolute atomic E-state index is 6.50. The van der Waals surface area contributed by atoms with E-state index in [-0.39, 0.29) is 0 Å².